The third-order valence-electron chi connectivity index (χ3n) is 11.0. The number of nitrogens with zero attached hydrogens (tertiary/aromatic N) is 2. The quantitative estimate of drug-likeness (QED) is 0.135. The number of fused-ring (bicyclic) bond motifs is 1. The zero-order valence-electron chi connectivity index (χ0n) is 36.4. The number of rotatable bonds is 17. The van der Waals surface area contributed by atoms with Crippen molar-refractivity contribution in [1.29, 1.82) is 0 Å². The van der Waals surface area contributed by atoms with E-state index >= 15 is 0 Å². The first-order valence-electron chi connectivity index (χ1n) is 21.2. The zero-order valence-corrected chi connectivity index (χ0v) is 37.2. The summed E-state index contributed by atoms with van der Waals surface area (Å²) in [7, 11) is -4.05. The summed E-state index contributed by atoms with van der Waals surface area (Å²) in [5.74, 6) is -1.44. The zero-order chi connectivity index (χ0) is 43.9. The van der Waals surface area contributed by atoms with Gasteiger partial charge >= 0.3 is 11.8 Å². The van der Waals surface area contributed by atoms with Crippen molar-refractivity contribution in [3.8, 4) is 0 Å². The van der Waals surface area contributed by atoms with Gasteiger partial charge in [0.05, 0.1) is 21.3 Å². The Morgan fingerprint density at radius 2 is 1.64 bits per heavy atom. The van der Waals surface area contributed by atoms with Gasteiger partial charge in [-0.15, -0.1) is 0 Å². The third-order valence-corrected chi connectivity index (χ3v) is 13.2. The summed E-state index contributed by atoms with van der Waals surface area (Å²) in [4.78, 5) is 81.8. The maximum absolute atomic E-state index is 13.7. The number of carbonyl (C=O) groups is 5. The van der Waals surface area contributed by atoms with Crippen molar-refractivity contribution in [2.75, 3.05) is 19.6 Å². The highest BCUT2D eigenvalue weighted by atomic mass is 32.2. The molecule has 16 nitrogen and oxygen atoms in total. The van der Waals surface area contributed by atoms with Crippen LogP contribution >= 0.6 is 0 Å². The molecule has 330 valence electrons. The van der Waals surface area contributed by atoms with Gasteiger partial charge < -0.3 is 30.6 Å². The molecule has 1 aromatic heterocycles. The molecule has 5 amide bonds. The van der Waals surface area contributed by atoms with Crippen LogP contribution in [0.4, 0.5) is 4.79 Å². The molecule has 1 aliphatic heterocycles. The maximum atomic E-state index is 13.7. The van der Waals surface area contributed by atoms with Crippen molar-refractivity contribution in [3.05, 3.63) is 34.2 Å². The first-order valence-corrected chi connectivity index (χ1v) is 22.7. The number of para-hydroxylation sites is 1. The number of hydrogen-bond acceptors (Lipinski definition) is 9. The fourth-order valence-electron chi connectivity index (χ4n) is 7.70. The highest BCUT2D eigenvalue weighted by Crippen LogP contribution is 2.50. The summed E-state index contributed by atoms with van der Waals surface area (Å²) >= 11 is 0. The number of unbranched alkanes of at least 4 members (excludes halogenated alkanes) is 3. The van der Waals surface area contributed by atoms with Gasteiger partial charge in [0.25, 0.3) is 11.8 Å². The molecule has 1 saturated heterocycles. The SMILES string of the molecule is CC(C)C.CC[C@@H]1C[C@]1(NC(=O)[C@@H]1CCCN1C(=O)CNC(=O)OC(C)(C)C)C(=O)NS(=O)(=O)C1(CCCCCCNC(=O)c2cccc3c2[nH]c(=O)n3C(C)C)CC1. The molecule has 59 heavy (non-hydrogen) atoms. The number of H-pyrrole nitrogens is 1. The van der Waals surface area contributed by atoms with Gasteiger partial charge in [-0.1, -0.05) is 59.4 Å². The summed E-state index contributed by atoms with van der Waals surface area (Å²) in [5, 5.41) is 8.16. The van der Waals surface area contributed by atoms with Crippen molar-refractivity contribution in [1.82, 2.24) is 35.1 Å². The lowest BCUT2D eigenvalue weighted by Gasteiger charge is -2.28. The molecule has 5 rings (SSSR count). The summed E-state index contributed by atoms with van der Waals surface area (Å²) < 4.78 is 35.3. The highest BCUT2D eigenvalue weighted by Gasteiger charge is 2.63. The molecular formula is C42H67N7O9S. The topological polar surface area (TPSA) is 218 Å². The molecule has 2 aromatic rings. The number of nitrogens with one attached hydrogen (secondary N) is 5. The van der Waals surface area contributed by atoms with E-state index in [1.165, 1.54) is 4.90 Å². The molecule has 5 N–H and O–H groups in total. The van der Waals surface area contributed by atoms with Crippen molar-refractivity contribution >= 4 is 50.8 Å². The predicted molar refractivity (Wildman–Crippen MR) is 226 cm³/mol. The normalized spacial score (nSPS) is 20.8. The minimum absolute atomic E-state index is 0.0616. The minimum Gasteiger partial charge on any atom is -0.444 e. The first-order chi connectivity index (χ1) is 27.6. The van der Waals surface area contributed by atoms with Gasteiger partial charge in [0.1, 0.15) is 23.7 Å². The van der Waals surface area contributed by atoms with Gasteiger partial charge in [-0.25, -0.2) is 18.0 Å². The van der Waals surface area contributed by atoms with Crippen molar-refractivity contribution < 1.29 is 37.1 Å². The maximum Gasteiger partial charge on any atom is 0.408 e. The van der Waals surface area contributed by atoms with Gasteiger partial charge in [-0.2, -0.15) is 0 Å². The Hall–Kier alpha value is -4.41. The van der Waals surface area contributed by atoms with Gasteiger partial charge in [-0.3, -0.25) is 28.5 Å². The minimum atomic E-state index is -4.05. The van der Waals surface area contributed by atoms with Crippen molar-refractivity contribution in [2.45, 2.75) is 161 Å². The van der Waals surface area contributed by atoms with E-state index in [0.29, 0.717) is 87.5 Å². The van der Waals surface area contributed by atoms with E-state index in [9.17, 15) is 37.2 Å². The average Bonchev–Trinajstić information content (AvgIpc) is 3.98. The second kappa shape index (κ2) is 19.3. The number of hydrogen-bond donors (Lipinski definition) is 5. The van der Waals surface area contributed by atoms with Crippen LogP contribution in [-0.4, -0.2) is 94.2 Å². The largest absolute Gasteiger partial charge is 0.444 e. The lowest BCUT2D eigenvalue weighted by atomic mass is 10.1. The van der Waals surface area contributed by atoms with E-state index in [4.69, 9.17) is 4.74 Å². The summed E-state index contributed by atoms with van der Waals surface area (Å²) in [6, 6.07) is 4.32. The third kappa shape index (κ3) is 11.9. The van der Waals surface area contributed by atoms with Gasteiger partial charge in [0.2, 0.25) is 21.8 Å². The molecule has 3 atom stereocenters. The van der Waals surface area contributed by atoms with Crippen LogP contribution in [0.5, 0.6) is 0 Å². The number of aromatic nitrogens is 2. The van der Waals surface area contributed by atoms with Crippen LogP contribution in [0.3, 0.4) is 0 Å². The second-order valence-corrected chi connectivity index (χ2v) is 20.3. The summed E-state index contributed by atoms with van der Waals surface area (Å²) in [5.41, 5.74) is -0.818. The van der Waals surface area contributed by atoms with E-state index in [-0.39, 0.29) is 30.1 Å². The molecule has 17 heteroatoms. The molecule has 0 bridgehead atoms. The monoisotopic (exact) mass is 845 g/mol. The summed E-state index contributed by atoms with van der Waals surface area (Å²) in [6.07, 6.45) is 5.09. The van der Waals surface area contributed by atoms with Crippen molar-refractivity contribution in [3.63, 3.8) is 0 Å². The molecule has 2 saturated carbocycles. The number of imidazole rings is 1. The Labute approximate surface area is 348 Å². The van der Waals surface area contributed by atoms with E-state index in [0.717, 1.165) is 18.8 Å². The van der Waals surface area contributed by atoms with E-state index in [1.54, 1.807) is 43.5 Å². The van der Waals surface area contributed by atoms with Crippen LogP contribution in [0.1, 0.15) is 149 Å². The molecule has 1 aromatic carbocycles. The van der Waals surface area contributed by atoms with E-state index in [2.05, 4.69) is 46.4 Å². The number of amides is 5. The Bertz CT molecular complexity index is 2010. The summed E-state index contributed by atoms with van der Waals surface area (Å²) in [6.45, 7) is 17.7. The number of alkyl carbamates (subject to hydrolysis) is 1. The van der Waals surface area contributed by atoms with Crippen LogP contribution < -0.4 is 26.4 Å². The number of aromatic amines is 1. The molecule has 0 unspecified atom stereocenters. The van der Waals surface area contributed by atoms with Crippen LogP contribution in [0.15, 0.2) is 23.0 Å². The Morgan fingerprint density at radius 1 is 0.983 bits per heavy atom. The number of sulfonamides is 1. The Balaban J connectivity index is 0.00000184. The first kappa shape index (κ1) is 47.3. The lowest BCUT2D eigenvalue weighted by Crippen LogP contribution is -2.57. The number of likely N-dealkylation sites (tertiary alicyclic amines) is 1. The molecule has 3 aliphatic rings. The van der Waals surface area contributed by atoms with Crippen LogP contribution in [-0.2, 0) is 29.1 Å². The smallest absolute Gasteiger partial charge is 0.408 e. The molecular weight excluding hydrogens is 779 g/mol. The Kier molecular flexibility index (Phi) is 15.5. The van der Waals surface area contributed by atoms with Gasteiger partial charge in [-0.05, 0) is 104 Å². The molecule has 2 aliphatic carbocycles. The van der Waals surface area contributed by atoms with E-state index in [1.807, 2.05) is 20.8 Å². The van der Waals surface area contributed by atoms with Gasteiger partial charge in [0, 0.05) is 19.1 Å². The second-order valence-electron chi connectivity index (χ2n) is 18.2. The molecule has 3 fully saturated rings. The number of carbonyl (C=O) groups excluding carboxylic acids is 5. The van der Waals surface area contributed by atoms with E-state index < -0.39 is 55.8 Å². The fourth-order valence-corrected chi connectivity index (χ4v) is 9.40. The van der Waals surface area contributed by atoms with Crippen molar-refractivity contribution in [2.24, 2.45) is 11.8 Å². The van der Waals surface area contributed by atoms with Crippen LogP contribution in [0.25, 0.3) is 11.0 Å². The standard InChI is InChI=1S/C38H57N7O9S.C4H10/c1-7-25-22-38(25,42-32(48)28-16-13-21-44(28)29(46)23-40-35(51)54-36(4,5)6)33(49)43-55(52,53)37(18-19-37)17-10-8-9-11-20-39-31(47)26-14-12-15-27-30(26)41-34(50)45(27)24(2)3;1-4(2)3/h12,14-15,24-25,28H,7-11,13,16-23H2,1-6H3,(H,39,47)(H,40,51)(H,41,50)(H,42,48)(H,43,49);4H,1-3H3/t25-,28+,38-;/m1./s1. The fraction of sp³-hybridized carbons (Fsp3) is 0.714. The van der Waals surface area contributed by atoms with Gasteiger partial charge in [0.15, 0.2) is 0 Å². The predicted octanol–water partition coefficient (Wildman–Crippen LogP) is 5.03. The molecule has 0 radical (unpaired) electrons. The van der Waals surface area contributed by atoms with Crippen LogP contribution in [0, 0.1) is 11.8 Å². The number of ether oxygens (including phenoxy) is 1. The lowest BCUT2D eigenvalue weighted by molar-refractivity contribution is -0.139. The number of benzene rings is 1. The highest BCUT2D eigenvalue weighted by molar-refractivity contribution is 7.91. The molecule has 2 heterocycles. The molecule has 0 spiro atoms. The Morgan fingerprint density at radius 3 is 2.24 bits per heavy atom. The average molecular weight is 846 g/mol. The van der Waals surface area contributed by atoms with Crippen LogP contribution in [0.2, 0.25) is 0 Å².